The van der Waals surface area contributed by atoms with E-state index < -0.39 is 0 Å². The predicted molar refractivity (Wildman–Crippen MR) is 107 cm³/mol. The number of furan rings is 1. The van der Waals surface area contributed by atoms with Gasteiger partial charge >= 0.3 is 0 Å². The quantitative estimate of drug-likeness (QED) is 0.863. The lowest BCUT2D eigenvalue weighted by atomic mass is 9.66. The number of nitrogens with zero attached hydrogens (tertiary/aromatic N) is 1. The maximum atomic E-state index is 13.3. The van der Waals surface area contributed by atoms with E-state index in [4.69, 9.17) is 4.42 Å². The third-order valence-electron chi connectivity index (χ3n) is 6.83. The van der Waals surface area contributed by atoms with E-state index >= 15 is 0 Å². The molecule has 1 N–H and O–H groups in total. The van der Waals surface area contributed by atoms with Gasteiger partial charge in [0.15, 0.2) is 0 Å². The Bertz CT molecular complexity index is 826. The lowest BCUT2D eigenvalue weighted by Gasteiger charge is -2.56. The van der Waals surface area contributed by atoms with E-state index in [-0.39, 0.29) is 17.5 Å². The number of aryl methyl sites for hydroxylation is 3. The topological polar surface area (TPSA) is 45.5 Å². The first-order valence-electron chi connectivity index (χ1n) is 10.1. The summed E-state index contributed by atoms with van der Waals surface area (Å²) in [5, 5.41) is 3.39. The lowest BCUT2D eigenvalue weighted by Crippen LogP contribution is -2.62. The second kappa shape index (κ2) is 6.83. The van der Waals surface area contributed by atoms with Crippen LogP contribution >= 0.6 is 0 Å². The molecule has 27 heavy (non-hydrogen) atoms. The summed E-state index contributed by atoms with van der Waals surface area (Å²) in [5.41, 5.74) is 2.75. The van der Waals surface area contributed by atoms with Crippen LogP contribution in [-0.2, 0) is 0 Å². The molecule has 0 unspecified atom stereocenters. The third kappa shape index (κ3) is 3.10. The van der Waals surface area contributed by atoms with Crippen molar-refractivity contribution in [2.75, 3.05) is 13.6 Å². The van der Waals surface area contributed by atoms with Crippen LogP contribution in [0.1, 0.15) is 64.7 Å². The van der Waals surface area contributed by atoms with Crippen LogP contribution in [0.15, 0.2) is 34.7 Å². The van der Waals surface area contributed by atoms with Crippen LogP contribution in [0.5, 0.6) is 0 Å². The molecule has 1 saturated carbocycles. The fraction of sp³-hybridized carbons (Fsp3) is 0.522. The van der Waals surface area contributed by atoms with Gasteiger partial charge in [0.25, 0.3) is 5.91 Å². The Labute approximate surface area is 161 Å². The molecule has 4 nitrogen and oxygen atoms in total. The van der Waals surface area contributed by atoms with Crippen molar-refractivity contribution in [3.05, 3.63) is 58.5 Å². The molecule has 0 radical (unpaired) electrons. The summed E-state index contributed by atoms with van der Waals surface area (Å²) in [7, 11) is 2.21. The molecule has 1 aromatic carbocycles. The largest absolute Gasteiger partial charge is 0.464 e. The van der Waals surface area contributed by atoms with Gasteiger partial charge in [-0.15, -0.1) is 0 Å². The van der Waals surface area contributed by atoms with Gasteiger partial charge in [0, 0.05) is 17.6 Å². The van der Waals surface area contributed by atoms with E-state index in [9.17, 15) is 4.79 Å². The molecule has 1 aliphatic carbocycles. The number of nitrogens with one attached hydrogen (secondary N) is 1. The maximum absolute atomic E-state index is 13.3. The second-order valence-corrected chi connectivity index (χ2v) is 8.55. The van der Waals surface area contributed by atoms with Gasteiger partial charge in [-0.1, -0.05) is 18.2 Å². The van der Waals surface area contributed by atoms with Crippen LogP contribution in [0.2, 0.25) is 0 Å². The zero-order valence-corrected chi connectivity index (χ0v) is 16.8. The van der Waals surface area contributed by atoms with Crippen molar-refractivity contribution >= 4 is 5.91 Å². The Morgan fingerprint density at radius 1 is 1.15 bits per heavy atom. The number of carbonyl (C=O) groups is 1. The van der Waals surface area contributed by atoms with E-state index in [0.29, 0.717) is 0 Å². The van der Waals surface area contributed by atoms with Crippen LogP contribution in [-0.4, -0.2) is 29.9 Å². The zero-order valence-electron chi connectivity index (χ0n) is 16.8. The fourth-order valence-corrected chi connectivity index (χ4v) is 5.27. The molecule has 3 aliphatic rings. The van der Waals surface area contributed by atoms with Crippen LogP contribution in [0.25, 0.3) is 0 Å². The van der Waals surface area contributed by atoms with Crippen molar-refractivity contribution in [1.29, 1.82) is 0 Å². The highest BCUT2D eigenvalue weighted by Gasteiger charge is 2.51. The van der Waals surface area contributed by atoms with Crippen LogP contribution < -0.4 is 5.32 Å². The maximum Gasteiger partial charge on any atom is 0.252 e. The molecule has 0 spiro atoms. The minimum absolute atomic E-state index is 0.000116. The molecular weight excluding hydrogens is 336 g/mol. The van der Waals surface area contributed by atoms with Gasteiger partial charge in [-0.25, -0.2) is 0 Å². The smallest absolute Gasteiger partial charge is 0.252 e. The van der Waals surface area contributed by atoms with Crippen molar-refractivity contribution in [3.63, 3.8) is 0 Å². The molecule has 3 heterocycles. The van der Waals surface area contributed by atoms with Crippen molar-refractivity contribution in [2.24, 2.45) is 5.92 Å². The highest BCUT2D eigenvalue weighted by Crippen LogP contribution is 2.49. The Morgan fingerprint density at radius 3 is 2.37 bits per heavy atom. The van der Waals surface area contributed by atoms with Gasteiger partial charge in [0.1, 0.15) is 17.6 Å². The highest BCUT2D eigenvalue weighted by molar-refractivity contribution is 5.97. The van der Waals surface area contributed by atoms with Crippen molar-refractivity contribution in [2.45, 2.75) is 58.0 Å². The third-order valence-corrected chi connectivity index (χ3v) is 6.83. The standard InChI is InChI=1S/C23H30N2O2/c1-15-6-5-7-16(2)20(15)22(26)24-21(19-9-8-17(3)27-19)23-12-10-18(11-13-23)14-25(23)4/h5-9,18,21H,10-14H2,1-4H3,(H,24,26)/t18?,21-,23?/m0/s1. The first kappa shape index (κ1) is 18.3. The average Bonchev–Trinajstić information content (AvgIpc) is 3.06. The number of carbonyl (C=O) groups excluding carboxylic acids is 1. The summed E-state index contributed by atoms with van der Waals surface area (Å²) in [6.07, 6.45) is 4.68. The molecule has 1 atom stereocenters. The number of piperidine rings is 2. The van der Waals surface area contributed by atoms with Gasteiger partial charge < -0.3 is 9.73 Å². The molecular formula is C23H30N2O2. The average molecular weight is 367 g/mol. The van der Waals surface area contributed by atoms with Crippen LogP contribution in [0.4, 0.5) is 0 Å². The van der Waals surface area contributed by atoms with E-state index in [0.717, 1.165) is 53.5 Å². The van der Waals surface area contributed by atoms with Gasteiger partial charge in [-0.05, 0) is 82.7 Å². The predicted octanol–water partition coefficient (Wildman–Crippen LogP) is 4.55. The number of fused-ring (bicyclic) bond motifs is 3. The van der Waals surface area contributed by atoms with E-state index in [1.807, 2.05) is 51.1 Å². The Hall–Kier alpha value is -2.07. The number of hydrogen-bond donors (Lipinski definition) is 1. The molecule has 5 rings (SSSR count). The fourth-order valence-electron chi connectivity index (χ4n) is 5.27. The zero-order chi connectivity index (χ0) is 19.2. The summed E-state index contributed by atoms with van der Waals surface area (Å²) >= 11 is 0. The molecule has 2 aliphatic heterocycles. The first-order chi connectivity index (χ1) is 12.9. The van der Waals surface area contributed by atoms with Gasteiger partial charge in [0.05, 0.1) is 0 Å². The molecule has 2 bridgehead atoms. The number of likely N-dealkylation sites (N-methyl/N-ethyl adjacent to an activating group) is 1. The van der Waals surface area contributed by atoms with Gasteiger partial charge in [0.2, 0.25) is 0 Å². The van der Waals surface area contributed by atoms with E-state index in [1.54, 1.807) is 0 Å². The minimum Gasteiger partial charge on any atom is -0.464 e. The van der Waals surface area contributed by atoms with Crippen LogP contribution in [0, 0.1) is 26.7 Å². The van der Waals surface area contributed by atoms with E-state index in [1.165, 1.54) is 12.8 Å². The van der Waals surface area contributed by atoms with E-state index in [2.05, 4.69) is 17.3 Å². The Kier molecular flexibility index (Phi) is 4.63. The molecule has 1 amide bonds. The summed E-state index contributed by atoms with van der Waals surface area (Å²) in [6, 6.07) is 9.91. The van der Waals surface area contributed by atoms with Crippen LogP contribution in [0.3, 0.4) is 0 Å². The molecule has 4 heteroatoms. The van der Waals surface area contributed by atoms with Crippen molar-refractivity contribution in [3.8, 4) is 0 Å². The second-order valence-electron chi connectivity index (χ2n) is 8.55. The molecule has 2 aromatic rings. The molecule has 1 aromatic heterocycles. The van der Waals surface area contributed by atoms with Gasteiger partial charge in [-0.3, -0.25) is 9.69 Å². The summed E-state index contributed by atoms with van der Waals surface area (Å²) in [4.78, 5) is 15.8. The lowest BCUT2D eigenvalue weighted by molar-refractivity contribution is -0.0448. The van der Waals surface area contributed by atoms with Gasteiger partial charge in [-0.2, -0.15) is 0 Å². The summed E-state index contributed by atoms with van der Waals surface area (Å²) < 4.78 is 6.05. The Morgan fingerprint density at radius 2 is 1.81 bits per heavy atom. The number of benzene rings is 1. The number of rotatable bonds is 4. The summed E-state index contributed by atoms with van der Waals surface area (Å²) in [6.45, 7) is 7.08. The molecule has 3 fully saturated rings. The normalized spacial score (nSPS) is 26.1. The number of amides is 1. The van der Waals surface area contributed by atoms with Crippen molar-refractivity contribution < 1.29 is 9.21 Å². The monoisotopic (exact) mass is 366 g/mol. The Balaban J connectivity index is 1.72. The SMILES string of the molecule is Cc1ccc([C@H](NC(=O)c2c(C)cccc2C)C23CCC(CC2)CN3C)o1. The van der Waals surface area contributed by atoms with Crippen molar-refractivity contribution in [1.82, 2.24) is 10.2 Å². The first-order valence-corrected chi connectivity index (χ1v) is 10.1. The summed E-state index contributed by atoms with van der Waals surface area (Å²) in [5.74, 6) is 2.56. The molecule has 2 saturated heterocycles. The minimum atomic E-state index is -0.135. The highest BCUT2D eigenvalue weighted by atomic mass is 16.3. The molecule has 144 valence electrons. The number of hydrogen-bond acceptors (Lipinski definition) is 3.